The maximum absolute atomic E-state index is 12.1. The van der Waals surface area contributed by atoms with Crippen LogP contribution in [0.15, 0.2) is 18.2 Å². The Labute approximate surface area is 119 Å². The molecule has 1 aromatic carbocycles. The molecule has 1 aromatic rings. The van der Waals surface area contributed by atoms with Crippen molar-refractivity contribution in [3.63, 3.8) is 0 Å². The van der Waals surface area contributed by atoms with Gasteiger partial charge in [0.1, 0.15) is 12.4 Å². The lowest BCUT2D eigenvalue weighted by atomic mass is 9.77. The first-order valence-electron chi connectivity index (χ1n) is 7.58. The second kappa shape index (κ2) is 5.83. The van der Waals surface area contributed by atoms with E-state index in [9.17, 15) is 4.79 Å². The summed E-state index contributed by atoms with van der Waals surface area (Å²) in [4.78, 5) is 12.1. The average Bonchev–Trinajstić information content (AvgIpc) is 2.58. The van der Waals surface area contributed by atoms with Gasteiger partial charge < -0.3 is 15.4 Å². The number of nitrogens with one attached hydrogen (secondary N) is 2. The van der Waals surface area contributed by atoms with Crippen LogP contribution in [0, 0.1) is 5.92 Å². The molecule has 1 fully saturated rings. The minimum atomic E-state index is -0.0248. The fraction of sp³-hybridized carbons (Fsp3) is 0.562. The summed E-state index contributed by atoms with van der Waals surface area (Å²) in [5, 5.41) is 6.44. The summed E-state index contributed by atoms with van der Waals surface area (Å²) in [7, 11) is 0. The molecule has 4 heteroatoms. The average molecular weight is 274 g/mol. The van der Waals surface area contributed by atoms with E-state index in [0.29, 0.717) is 36.4 Å². The highest BCUT2D eigenvalue weighted by atomic mass is 16.5. The van der Waals surface area contributed by atoms with Crippen LogP contribution in [-0.4, -0.2) is 25.6 Å². The number of benzene rings is 1. The van der Waals surface area contributed by atoms with E-state index < -0.39 is 0 Å². The smallest absolute Gasteiger partial charge is 0.255 e. The minimum absolute atomic E-state index is 0.0248. The third kappa shape index (κ3) is 2.52. The molecule has 1 aliphatic carbocycles. The normalized spacial score (nSPS) is 20.1. The van der Waals surface area contributed by atoms with Crippen molar-refractivity contribution < 1.29 is 9.53 Å². The zero-order valence-corrected chi connectivity index (χ0v) is 11.9. The molecule has 1 aliphatic heterocycles. The third-order valence-electron chi connectivity index (χ3n) is 4.30. The number of fused-ring (bicyclic) bond motifs is 1. The fourth-order valence-electron chi connectivity index (χ4n) is 3.01. The molecule has 2 aliphatic rings. The largest absolute Gasteiger partial charge is 0.491 e. The van der Waals surface area contributed by atoms with Gasteiger partial charge in [-0.2, -0.15) is 0 Å². The van der Waals surface area contributed by atoms with Gasteiger partial charge in [-0.05, 0) is 43.0 Å². The fourth-order valence-corrected chi connectivity index (χ4v) is 3.01. The predicted molar refractivity (Wildman–Crippen MR) is 78.0 cm³/mol. The second-order valence-corrected chi connectivity index (χ2v) is 5.59. The Bertz CT molecular complexity index is 497. The van der Waals surface area contributed by atoms with E-state index >= 15 is 0 Å². The molecule has 1 atom stereocenters. The zero-order valence-electron chi connectivity index (χ0n) is 11.9. The molecule has 1 unspecified atom stereocenters. The molecule has 3 rings (SSSR count). The second-order valence-electron chi connectivity index (χ2n) is 5.59. The van der Waals surface area contributed by atoms with E-state index in [1.165, 1.54) is 24.8 Å². The number of carbonyl (C=O) groups excluding carboxylic acids is 1. The summed E-state index contributed by atoms with van der Waals surface area (Å²) in [5.74, 6) is 1.37. The van der Waals surface area contributed by atoms with Crippen molar-refractivity contribution in [2.45, 2.75) is 32.2 Å². The number of ether oxygens (including phenoxy) is 1. The molecule has 2 N–H and O–H groups in total. The van der Waals surface area contributed by atoms with Crippen molar-refractivity contribution in [3.8, 4) is 5.75 Å². The summed E-state index contributed by atoms with van der Waals surface area (Å²) >= 11 is 0. The van der Waals surface area contributed by atoms with E-state index in [1.807, 2.05) is 12.1 Å². The van der Waals surface area contributed by atoms with Crippen molar-refractivity contribution in [1.82, 2.24) is 10.6 Å². The van der Waals surface area contributed by atoms with Crippen molar-refractivity contribution in [1.29, 1.82) is 0 Å². The van der Waals surface area contributed by atoms with Gasteiger partial charge in [0.2, 0.25) is 0 Å². The molecular weight excluding hydrogens is 252 g/mol. The van der Waals surface area contributed by atoms with Gasteiger partial charge in [0.25, 0.3) is 5.91 Å². The summed E-state index contributed by atoms with van der Waals surface area (Å²) in [6.07, 6.45) is 3.87. The number of hydrogen-bond donors (Lipinski definition) is 2. The monoisotopic (exact) mass is 274 g/mol. The van der Waals surface area contributed by atoms with Crippen LogP contribution in [0.3, 0.4) is 0 Å². The first kappa shape index (κ1) is 13.4. The van der Waals surface area contributed by atoms with E-state index in [-0.39, 0.29) is 5.91 Å². The van der Waals surface area contributed by atoms with E-state index in [2.05, 4.69) is 23.6 Å². The van der Waals surface area contributed by atoms with Crippen LogP contribution in [0.2, 0.25) is 0 Å². The molecule has 20 heavy (non-hydrogen) atoms. The maximum atomic E-state index is 12.1. The lowest BCUT2D eigenvalue weighted by Crippen LogP contribution is -2.32. The molecule has 4 nitrogen and oxygen atoms in total. The lowest BCUT2D eigenvalue weighted by molar-refractivity contribution is 0.0957. The van der Waals surface area contributed by atoms with Crippen LogP contribution in [-0.2, 0) is 0 Å². The summed E-state index contributed by atoms with van der Waals surface area (Å²) in [5.41, 5.74) is 1.87. The van der Waals surface area contributed by atoms with Gasteiger partial charge in [-0.3, -0.25) is 4.79 Å². The Morgan fingerprint density at radius 2 is 2.30 bits per heavy atom. The molecule has 0 spiro atoms. The summed E-state index contributed by atoms with van der Waals surface area (Å²) in [6, 6.07) is 6.40. The van der Waals surface area contributed by atoms with Gasteiger partial charge in [-0.15, -0.1) is 0 Å². The van der Waals surface area contributed by atoms with Crippen LogP contribution in [0.4, 0.5) is 0 Å². The highest BCUT2D eigenvalue weighted by molar-refractivity contribution is 5.97. The molecular formula is C16H22N2O2. The van der Waals surface area contributed by atoms with Crippen molar-refractivity contribution in [3.05, 3.63) is 29.3 Å². The van der Waals surface area contributed by atoms with Gasteiger partial charge in [0, 0.05) is 6.04 Å². The van der Waals surface area contributed by atoms with Crippen LogP contribution in [0.1, 0.15) is 48.1 Å². The highest BCUT2D eigenvalue weighted by Crippen LogP contribution is 2.38. The summed E-state index contributed by atoms with van der Waals surface area (Å²) in [6.45, 7) is 4.19. The van der Waals surface area contributed by atoms with E-state index in [1.54, 1.807) is 0 Å². The van der Waals surface area contributed by atoms with Crippen LogP contribution < -0.4 is 15.4 Å². The third-order valence-corrected chi connectivity index (χ3v) is 4.30. The van der Waals surface area contributed by atoms with E-state index in [4.69, 9.17) is 4.74 Å². The Morgan fingerprint density at radius 3 is 3.00 bits per heavy atom. The SMILES string of the molecule is CCNC(c1ccc2c(c1)C(=O)NCCO2)C1CCC1. The predicted octanol–water partition coefficient (Wildman–Crippen LogP) is 2.26. The Hall–Kier alpha value is -1.55. The zero-order chi connectivity index (χ0) is 13.9. The molecule has 108 valence electrons. The molecule has 0 radical (unpaired) electrons. The number of amides is 1. The van der Waals surface area contributed by atoms with E-state index in [0.717, 1.165) is 6.54 Å². The number of carbonyl (C=O) groups is 1. The Kier molecular flexibility index (Phi) is 3.92. The number of hydrogen-bond acceptors (Lipinski definition) is 3. The van der Waals surface area contributed by atoms with Gasteiger partial charge in [-0.25, -0.2) is 0 Å². The molecule has 0 saturated heterocycles. The molecule has 0 aromatic heterocycles. The molecule has 1 amide bonds. The summed E-state index contributed by atoms with van der Waals surface area (Å²) < 4.78 is 5.61. The van der Waals surface area contributed by atoms with Gasteiger partial charge in [0.05, 0.1) is 12.1 Å². The van der Waals surface area contributed by atoms with Crippen molar-refractivity contribution in [2.75, 3.05) is 19.7 Å². The van der Waals surface area contributed by atoms with Gasteiger partial charge in [-0.1, -0.05) is 19.4 Å². The first-order chi connectivity index (χ1) is 9.79. The standard InChI is InChI=1S/C16H22N2O2/c1-2-17-15(11-4-3-5-11)12-6-7-14-13(10-12)16(19)18-8-9-20-14/h6-7,10-11,15,17H,2-5,8-9H2,1H3,(H,18,19). The van der Waals surface area contributed by atoms with Crippen molar-refractivity contribution in [2.24, 2.45) is 5.92 Å². The highest BCUT2D eigenvalue weighted by Gasteiger charge is 2.29. The Balaban J connectivity index is 1.91. The van der Waals surface area contributed by atoms with Crippen molar-refractivity contribution >= 4 is 5.91 Å². The molecule has 1 saturated carbocycles. The maximum Gasteiger partial charge on any atom is 0.255 e. The Morgan fingerprint density at radius 1 is 1.45 bits per heavy atom. The first-order valence-corrected chi connectivity index (χ1v) is 7.58. The topological polar surface area (TPSA) is 50.4 Å². The molecule has 0 bridgehead atoms. The van der Waals surface area contributed by atoms with Crippen LogP contribution in [0.25, 0.3) is 0 Å². The van der Waals surface area contributed by atoms with Crippen LogP contribution >= 0.6 is 0 Å². The number of rotatable bonds is 4. The quantitative estimate of drug-likeness (QED) is 0.885. The lowest BCUT2D eigenvalue weighted by Gasteiger charge is -2.34. The molecule has 1 heterocycles. The minimum Gasteiger partial charge on any atom is -0.491 e. The van der Waals surface area contributed by atoms with Crippen LogP contribution in [0.5, 0.6) is 5.75 Å². The van der Waals surface area contributed by atoms with Gasteiger partial charge >= 0.3 is 0 Å². The van der Waals surface area contributed by atoms with Gasteiger partial charge in [0.15, 0.2) is 0 Å².